The first kappa shape index (κ1) is 8.91. The Kier molecular flexibility index (Phi) is 2.97. The fourth-order valence-electron chi connectivity index (χ4n) is 1.19. The number of rotatable bonds is 3. The SMILES string of the molecule is CCN(C)c1ccccc1NC.[HH]. The number of nitrogens with one attached hydrogen (secondary N) is 1. The van der Waals surface area contributed by atoms with Gasteiger partial charge in [-0.15, -0.1) is 0 Å². The molecule has 0 atom stereocenters. The largest absolute Gasteiger partial charge is 0.386 e. The maximum Gasteiger partial charge on any atom is 0.0599 e. The maximum absolute atomic E-state index is 3.17. The second-order valence-electron chi connectivity index (χ2n) is 2.78. The number of hydrogen-bond acceptors (Lipinski definition) is 2. The maximum atomic E-state index is 3.17. The highest BCUT2D eigenvalue weighted by Crippen LogP contribution is 2.23. The molecular formula is C10H18N2. The Hall–Kier alpha value is -1.18. The van der Waals surface area contributed by atoms with Crippen LogP contribution >= 0.6 is 0 Å². The average Bonchev–Trinajstić information content (AvgIpc) is 2.16. The van der Waals surface area contributed by atoms with Gasteiger partial charge >= 0.3 is 0 Å². The first-order valence-corrected chi connectivity index (χ1v) is 4.27. The van der Waals surface area contributed by atoms with Gasteiger partial charge < -0.3 is 10.2 Å². The molecule has 0 saturated carbocycles. The second kappa shape index (κ2) is 4.00. The van der Waals surface area contributed by atoms with Gasteiger partial charge in [-0.05, 0) is 19.1 Å². The third-order valence-electron chi connectivity index (χ3n) is 2.06. The van der Waals surface area contributed by atoms with Crippen LogP contribution in [0.5, 0.6) is 0 Å². The van der Waals surface area contributed by atoms with Gasteiger partial charge in [-0.1, -0.05) is 12.1 Å². The van der Waals surface area contributed by atoms with Crippen molar-refractivity contribution in [2.75, 3.05) is 30.9 Å². The van der Waals surface area contributed by atoms with Crippen molar-refractivity contribution in [1.82, 2.24) is 0 Å². The number of benzene rings is 1. The van der Waals surface area contributed by atoms with Gasteiger partial charge in [-0.3, -0.25) is 0 Å². The summed E-state index contributed by atoms with van der Waals surface area (Å²) < 4.78 is 0. The summed E-state index contributed by atoms with van der Waals surface area (Å²) in [5.41, 5.74) is 2.43. The first-order valence-electron chi connectivity index (χ1n) is 4.27. The minimum atomic E-state index is 0. The molecule has 0 saturated heterocycles. The highest BCUT2D eigenvalue weighted by molar-refractivity contribution is 5.69. The molecule has 1 rings (SSSR count). The smallest absolute Gasteiger partial charge is 0.0599 e. The van der Waals surface area contributed by atoms with Gasteiger partial charge in [-0.2, -0.15) is 0 Å². The summed E-state index contributed by atoms with van der Waals surface area (Å²) in [6.07, 6.45) is 0. The van der Waals surface area contributed by atoms with Crippen LogP contribution in [0.25, 0.3) is 0 Å². The van der Waals surface area contributed by atoms with E-state index in [1.54, 1.807) is 0 Å². The van der Waals surface area contributed by atoms with Gasteiger partial charge in [0, 0.05) is 22.1 Å². The van der Waals surface area contributed by atoms with E-state index >= 15 is 0 Å². The molecule has 1 aromatic rings. The van der Waals surface area contributed by atoms with Crippen LogP contribution in [0.4, 0.5) is 11.4 Å². The fraction of sp³-hybridized carbons (Fsp3) is 0.400. The van der Waals surface area contributed by atoms with Gasteiger partial charge in [0.15, 0.2) is 0 Å². The van der Waals surface area contributed by atoms with Crippen LogP contribution in [0.15, 0.2) is 24.3 Å². The minimum Gasteiger partial charge on any atom is -0.386 e. The Balaban J connectivity index is 0.00000144. The normalized spacial score (nSPS) is 9.58. The van der Waals surface area contributed by atoms with Crippen LogP contribution in [0.1, 0.15) is 8.35 Å². The molecule has 0 spiro atoms. The molecule has 0 aliphatic carbocycles. The molecule has 12 heavy (non-hydrogen) atoms. The molecule has 0 amide bonds. The average molecular weight is 166 g/mol. The molecule has 0 unspecified atom stereocenters. The zero-order valence-electron chi connectivity index (χ0n) is 7.96. The lowest BCUT2D eigenvalue weighted by atomic mass is 10.2. The molecular weight excluding hydrogens is 148 g/mol. The third-order valence-corrected chi connectivity index (χ3v) is 2.06. The van der Waals surface area contributed by atoms with E-state index in [4.69, 9.17) is 0 Å². The second-order valence-corrected chi connectivity index (χ2v) is 2.78. The van der Waals surface area contributed by atoms with Gasteiger partial charge in [0.25, 0.3) is 0 Å². The summed E-state index contributed by atoms with van der Waals surface area (Å²) in [4.78, 5) is 2.21. The summed E-state index contributed by atoms with van der Waals surface area (Å²) >= 11 is 0. The number of anilines is 2. The van der Waals surface area contributed by atoms with Crippen LogP contribution in [-0.2, 0) is 0 Å². The quantitative estimate of drug-likeness (QED) is 0.742. The lowest BCUT2D eigenvalue weighted by molar-refractivity contribution is 0.969. The van der Waals surface area contributed by atoms with Crippen LogP contribution in [0.2, 0.25) is 0 Å². The van der Waals surface area contributed by atoms with Crippen molar-refractivity contribution in [2.45, 2.75) is 6.92 Å². The van der Waals surface area contributed by atoms with Crippen LogP contribution in [-0.4, -0.2) is 20.6 Å². The lowest BCUT2D eigenvalue weighted by Gasteiger charge is -2.20. The topological polar surface area (TPSA) is 15.3 Å². The van der Waals surface area contributed by atoms with E-state index in [0.29, 0.717) is 0 Å². The van der Waals surface area contributed by atoms with E-state index in [2.05, 4.69) is 42.4 Å². The highest BCUT2D eigenvalue weighted by Gasteiger charge is 2.01. The van der Waals surface area contributed by atoms with Crippen molar-refractivity contribution in [1.29, 1.82) is 0 Å². The van der Waals surface area contributed by atoms with Crippen molar-refractivity contribution in [3.05, 3.63) is 24.3 Å². The fourth-order valence-corrected chi connectivity index (χ4v) is 1.19. The molecule has 0 aliphatic heterocycles. The number of para-hydroxylation sites is 2. The molecule has 2 nitrogen and oxygen atoms in total. The minimum absolute atomic E-state index is 0. The molecule has 68 valence electrons. The first-order chi connectivity index (χ1) is 5.79. The van der Waals surface area contributed by atoms with Gasteiger partial charge in [0.1, 0.15) is 0 Å². The predicted octanol–water partition coefficient (Wildman–Crippen LogP) is 2.43. The Morgan fingerprint density at radius 1 is 1.42 bits per heavy atom. The molecule has 2 heteroatoms. The van der Waals surface area contributed by atoms with Crippen molar-refractivity contribution in [2.24, 2.45) is 0 Å². The highest BCUT2D eigenvalue weighted by atomic mass is 15.1. The van der Waals surface area contributed by atoms with E-state index in [-0.39, 0.29) is 1.43 Å². The molecule has 1 N–H and O–H groups in total. The van der Waals surface area contributed by atoms with Crippen molar-refractivity contribution in [3.8, 4) is 0 Å². The summed E-state index contributed by atoms with van der Waals surface area (Å²) in [6, 6.07) is 8.30. The Bertz CT molecular complexity index is 250. The van der Waals surface area contributed by atoms with Gasteiger partial charge in [0.05, 0.1) is 11.4 Å². The molecule has 1 aromatic carbocycles. The van der Waals surface area contributed by atoms with Crippen LogP contribution in [0.3, 0.4) is 0 Å². The van der Waals surface area contributed by atoms with Crippen LogP contribution < -0.4 is 10.2 Å². The molecule has 0 radical (unpaired) electrons. The molecule has 0 aromatic heterocycles. The zero-order valence-corrected chi connectivity index (χ0v) is 7.96. The number of hydrogen-bond donors (Lipinski definition) is 1. The number of nitrogens with zero attached hydrogens (tertiary/aromatic N) is 1. The summed E-state index contributed by atoms with van der Waals surface area (Å²) in [5, 5.41) is 3.17. The predicted molar refractivity (Wildman–Crippen MR) is 57.0 cm³/mol. The zero-order chi connectivity index (χ0) is 8.97. The molecule has 0 fully saturated rings. The monoisotopic (exact) mass is 166 g/mol. The van der Waals surface area contributed by atoms with Crippen molar-refractivity contribution >= 4 is 11.4 Å². The van der Waals surface area contributed by atoms with E-state index in [9.17, 15) is 0 Å². The molecule has 0 aliphatic rings. The Morgan fingerprint density at radius 2 is 2.08 bits per heavy atom. The molecule has 0 bridgehead atoms. The summed E-state index contributed by atoms with van der Waals surface area (Å²) in [5.74, 6) is 0. The summed E-state index contributed by atoms with van der Waals surface area (Å²) in [6.45, 7) is 3.17. The lowest BCUT2D eigenvalue weighted by Crippen LogP contribution is -2.16. The molecule has 0 heterocycles. The standard InChI is InChI=1S/C10H16N2.H2/c1-4-12(3)10-8-6-5-7-9(10)11-2;/h5-8,11H,4H2,1-3H3;1H. The van der Waals surface area contributed by atoms with E-state index < -0.39 is 0 Å². The third kappa shape index (κ3) is 1.70. The van der Waals surface area contributed by atoms with Crippen LogP contribution in [0, 0.1) is 0 Å². The summed E-state index contributed by atoms with van der Waals surface area (Å²) in [7, 11) is 4.04. The van der Waals surface area contributed by atoms with Gasteiger partial charge in [0.2, 0.25) is 0 Å². The van der Waals surface area contributed by atoms with Crippen molar-refractivity contribution < 1.29 is 1.43 Å². The van der Waals surface area contributed by atoms with E-state index in [1.165, 1.54) is 11.4 Å². The van der Waals surface area contributed by atoms with E-state index in [0.717, 1.165) is 6.54 Å². The Morgan fingerprint density at radius 3 is 2.67 bits per heavy atom. The van der Waals surface area contributed by atoms with E-state index in [1.807, 2.05) is 13.1 Å². The van der Waals surface area contributed by atoms with Gasteiger partial charge in [-0.25, -0.2) is 0 Å². The Labute approximate surface area is 75.7 Å². The van der Waals surface area contributed by atoms with Crippen molar-refractivity contribution in [3.63, 3.8) is 0 Å².